The van der Waals surface area contributed by atoms with Gasteiger partial charge in [-0.15, -0.1) is 0 Å². The van der Waals surface area contributed by atoms with Crippen LogP contribution in [-0.2, 0) is 22.5 Å². The maximum absolute atomic E-state index is 14.0. The van der Waals surface area contributed by atoms with Gasteiger partial charge in [-0.3, -0.25) is 4.90 Å². The molecule has 0 spiro atoms. The number of piperidine rings is 1. The standard InChI is InChI=1S/C32H35F3N2O5/c1-3-40-32(38)30(42-24-10-8-22(39-2)9-11-24)14-20-4-6-23(7-5-20)41-13-12-36-31-25-18-37(19-26(25)31)17-21-15-28(34)29(35)16-27(21)33/h4-11,15-16,25-26,30-31,36H,3,12-14,17-19H2,1-2H3/t25-,26+,30-,31?/m0/s1. The van der Waals surface area contributed by atoms with Gasteiger partial charge in [-0.25, -0.2) is 18.0 Å². The lowest BCUT2D eigenvalue weighted by molar-refractivity contribution is -0.151. The molecule has 1 aliphatic carbocycles. The van der Waals surface area contributed by atoms with Crippen LogP contribution in [0.5, 0.6) is 17.2 Å². The molecule has 1 N–H and O–H groups in total. The SMILES string of the molecule is CCOC(=O)[C@H](Cc1ccc(OCCNC2[C@H]3CN(Cc4cc(F)c(F)cc4F)C[C@@H]23)cc1)Oc1ccc(OC)cc1. The molecule has 224 valence electrons. The average molecular weight is 585 g/mol. The predicted octanol–water partition coefficient (Wildman–Crippen LogP) is 4.76. The third kappa shape index (κ3) is 7.35. The number of fused-ring (bicyclic) bond motifs is 1. The molecule has 0 bridgehead atoms. The van der Waals surface area contributed by atoms with Gasteiger partial charge in [-0.2, -0.15) is 0 Å². The van der Waals surface area contributed by atoms with E-state index in [4.69, 9.17) is 18.9 Å². The summed E-state index contributed by atoms with van der Waals surface area (Å²) >= 11 is 0. The summed E-state index contributed by atoms with van der Waals surface area (Å²) in [6.07, 6.45) is -0.448. The maximum atomic E-state index is 14.0. The van der Waals surface area contributed by atoms with Gasteiger partial charge in [0.1, 0.15) is 29.7 Å². The third-order valence-corrected chi connectivity index (χ3v) is 7.74. The van der Waals surface area contributed by atoms with Crippen molar-refractivity contribution in [3.63, 3.8) is 0 Å². The maximum Gasteiger partial charge on any atom is 0.347 e. The number of nitrogens with zero attached hydrogens (tertiary/aromatic N) is 1. The second-order valence-corrected chi connectivity index (χ2v) is 10.6. The fourth-order valence-electron chi connectivity index (χ4n) is 5.53. The van der Waals surface area contributed by atoms with Crippen LogP contribution in [0.4, 0.5) is 13.2 Å². The molecule has 0 radical (unpaired) electrons. The Morgan fingerprint density at radius 1 is 0.929 bits per heavy atom. The first-order valence-corrected chi connectivity index (χ1v) is 14.1. The number of likely N-dealkylation sites (tertiary alicyclic amines) is 1. The molecule has 1 unspecified atom stereocenters. The van der Waals surface area contributed by atoms with Crippen LogP contribution < -0.4 is 19.5 Å². The number of benzene rings is 3. The van der Waals surface area contributed by atoms with E-state index in [1.54, 1.807) is 38.3 Å². The van der Waals surface area contributed by atoms with Crippen LogP contribution in [0.15, 0.2) is 60.7 Å². The Kier molecular flexibility index (Phi) is 9.54. The Morgan fingerprint density at radius 2 is 1.57 bits per heavy atom. The Morgan fingerprint density at radius 3 is 2.24 bits per heavy atom. The second kappa shape index (κ2) is 13.5. The number of rotatable bonds is 14. The van der Waals surface area contributed by atoms with Gasteiger partial charge in [-0.1, -0.05) is 12.1 Å². The highest BCUT2D eigenvalue weighted by atomic mass is 19.2. The first kappa shape index (κ1) is 29.7. The molecule has 1 heterocycles. The lowest BCUT2D eigenvalue weighted by atomic mass is 10.1. The van der Waals surface area contributed by atoms with Crippen molar-refractivity contribution in [2.45, 2.75) is 32.0 Å². The highest BCUT2D eigenvalue weighted by Gasteiger charge is 2.55. The highest BCUT2D eigenvalue weighted by molar-refractivity contribution is 5.75. The fraction of sp³-hybridized carbons (Fsp3) is 0.406. The van der Waals surface area contributed by atoms with Crippen molar-refractivity contribution in [2.24, 2.45) is 11.8 Å². The predicted molar refractivity (Wildman–Crippen MR) is 150 cm³/mol. The van der Waals surface area contributed by atoms with Crippen LogP contribution in [0.2, 0.25) is 0 Å². The molecular formula is C32H35F3N2O5. The molecule has 3 aromatic rings. The Bertz CT molecular complexity index is 1340. The lowest BCUT2D eigenvalue weighted by Crippen LogP contribution is -2.33. The number of halogens is 3. The zero-order valence-corrected chi connectivity index (χ0v) is 23.7. The van der Waals surface area contributed by atoms with Gasteiger partial charge in [0.15, 0.2) is 17.7 Å². The first-order chi connectivity index (χ1) is 20.3. The second-order valence-electron chi connectivity index (χ2n) is 10.6. The van der Waals surface area contributed by atoms with Crippen LogP contribution >= 0.6 is 0 Å². The van der Waals surface area contributed by atoms with Crippen molar-refractivity contribution in [3.05, 3.63) is 89.2 Å². The molecule has 1 saturated heterocycles. The van der Waals surface area contributed by atoms with Gasteiger partial charge in [-0.05, 0) is 66.8 Å². The van der Waals surface area contributed by atoms with Crippen molar-refractivity contribution < 1.29 is 36.9 Å². The largest absolute Gasteiger partial charge is 0.497 e. The topological polar surface area (TPSA) is 69.3 Å². The van der Waals surface area contributed by atoms with Gasteiger partial charge >= 0.3 is 5.97 Å². The molecule has 1 aliphatic heterocycles. The summed E-state index contributed by atoms with van der Waals surface area (Å²) in [7, 11) is 1.59. The van der Waals surface area contributed by atoms with Gasteiger partial charge in [0.05, 0.1) is 13.7 Å². The van der Waals surface area contributed by atoms with Crippen LogP contribution in [-0.4, -0.2) is 63.0 Å². The molecular weight excluding hydrogens is 549 g/mol. The van der Waals surface area contributed by atoms with Gasteiger partial charge in [0, 0.05) is 50.3 Å². The molecule has 42 heavy (non-hydrogen) atoms. The van der Waals surface area contributed by atoms with Crippen LogP contribution in [0.3, 0.4) is 0 Å². The van der Waals surface area contributed by atoms with E-state index >= 15 is 0 Å². The quantitative estimate of drug-likeness (QED) is 0.166. The molecule has 2 fully saturated rings. The number of methoxy groups -OCH3 is 1. The summed E-state index contributed by atoms with van der Waals surface area (Å²) < 4.78 is 62.8. The fourth-order valence-corrected chi connectivity index (χ4v) is 5.53. The monoisotopic (exact) mass is 584 g/mol. The van der Waals surface area contributed by atoms with Crippen LogP contribution in [0, 0.1) is 29.3 Å². The number of nitrogens with one attached hydrogen (secondary N) is 1. The summed E-state index contributed by atoms with van der Waals surface area (Å²) in [6, 6.07) is 16.5. The van der Waals surface area contributed by atoms with E-state index in [0.29, 0.717) is 55.0 Å². The Hall–Kier alpha value is -3.76. The minimum Gasteiger partial charge on any atom is -0.497 e. The van der Waals surface area contributed by atoms with Gasteiger partial charge in [0.25, 0.3) is 0 Å². The summed E-state index contributed by atoms with van der Waals surface area (Å²) in [5, 5.41) is 3.52. The van der Waals surface area contributed by atoms with Crippen molar-refractivity contribution in [1.29, 1.82) is 0 Å². The van der Waals surface area contributed by atoms with Crippen LogP contribution in [0.25, 0.3) is 0 Å². The smallest absolute Gasteiger partial charge is 0.347 e. The number of ether oxygens (including phenoxy) is 4. The van der Waals surface area contributed by atoms with Crippen molar-refractivity contribution in [2.75, 3.05) is 40.0 Å². The number of esters is 1. The molecule has 0 amide bonds. The van der Waals surface area contributed by atoms with Crippen LogP contribution in [0.1, 0.15) is 18.1 Å². The van der Waals surface area contributed by atoms with Gasteiger partial charge in [0.2, 0.25) is 0 Å². The number of hydrogen-bond donors (Lipinski definition) is 1. The molecule has 7 nitrogen and oxygen atoms in total. The molecule has 3 aromatic carbocycles. The van der Waals surface area contributed by atoms with Crippen molar-refractivity contribution >= 4 is 5.97 Å². The minimum atomic E-state index is -1.17. The summed E-state index contributed by atoms with van der Waals surface area (Å²) in [4.78, 5) is 14.6. The molecule has 1 saturated carbocycles. The van der Waals surface area contributed by atoms with E-state index in [1.807, 2.05) is 24.3 Å². The van der Waals surface area contributed by atoms with Gasteiger partial charge < -0.3 is 24.3 Å². The zero-order valence-electron chi connectivity index (χ0n) is 23.7. The number of carbonyl (C=O) groups excluding carboxylic acids is 1. The van der Waals surface area contributed by atoms with Crippen molar-refractivity contribution in [1.82, 2.24) is 10.2 Å². The van der Waals surface area contributed by atoms with Crippen molar-refractivity contribution in [3.8, 4) is 17.2 Å². The normalized spacial score (nSPS) is 20.1. The summed E-state index contributed by atoms with van der Waals surface area (Å²) in [5.41, 5.74) is 1.09. The number of carbonyl (C=O) groups is 1. The van der Waals surface area contributed by atoms with E-state index in [9.17, 15) is 18.0 Å². The summed E-state index contributed by atoms with van der Waals surface area (Å²) in [5.74, 6) is -0.437. The minimum absolute atomic E-state index is 0.181. The van der Waals surface area contributed by atoms with E-state index in [2.05, 4.69) is 10.2 Å². The molecule has 10 heteroatoms. The lowest BCUT2D eigenvalue weighted by Gasteiger charge is -2.20. The Balaban J connectivity index is 1.03. The zero-order chi connectivity index (χ0) is 29.6. The summed E-state index contributed by atoms with van der Waals surface area (Å²) in [6.45, 7) is 5.05. The number of hydrogen-bond acceptors (Lipinski definition) is 7. The van der Waals surface area contributed by atoms with E-state index in [1.165, 1.54) is 0 Å². The van der Waals surface area contributed by atoms with E-state index in [0.717, 1.165) is 30.5 Å². The third-order valence-electron chi connectivity index (χ3n) is 7.74. The molecule has 4 atom stereocenters. The Labute approximate surface area is 243 Å². The average Bonchev–Trinajstić information content (AvgIpc) is 3.43. The highest BCUT2D eigenvalue weighted by Crippen LogP contribution is 2.45. The molecule has 5 rings (SSSR count). The molecule has 0 aromatic heterocycles. The van der Waals surface area contributed by atoms with E-state index < -0.39 is 29.5 Å². The first-order valence-electron chi connectivity index (χ1n) is 14.1. The van der Waals surface area contributed by atoms with E-state index in [-0.39, 0.29) is 18.7 Å². The molecule has 2 aliphatic rings.